The first-order valence-electron chi connectivity index (χ1n) is 6.00. The van der Waals surface area contributed by atoms with Crippen molar-refractivity contribution < 1.29 is 19.1 Å². The number of benzene rings is 1. The van der Waals surface area contributed by atoms with Gasteiger partial charge in [0, 0.05) is 5.69 Å². The molecule has 1 aromatic carbocycles. The molecule has 19 heavy (non-hydrogen) atoms. The van der Waals surface area contributed by atoms with Crippen LogP contribution in [0.2, 0.25) is 0 Å². The molecule has 5 nitrogen and oxygen atoms in total. The van der Waals surface area contributed by atoms with Crippen LogP contribution in [0.1, 0.15) is 25.3 Å². The second-order valence-corrected chi connectivity index (χ2v) is 4.24. The van der Waals surface area contributed by atoms with E-state index in [4.69, 9.17) is 5.11 Å². The van der Waals surface area contributed by atoms with Crippen molar-refractivity contribution in [3.63, 3.8) is 0 Å². The topological polar surface area (TPSA) is 78.4 Å². The number of urea groups is 1. The quantitative estimate of drug-likeness (QED) is 0.767. The van der Waals surface area contributed by atoms with Gasteiger partial charge in [0.1, 0.15) is 11.9 Å². The molecule has 0 spiro atoms. The molecule has 0 saturated heterocycles. The van der Waals surface area contributed by atoms with Crippen molar-refractivity contribution in [2.45, 2.75) is 32.7 Å². The largest absolute Gasteiger partial charge is 0.480 e. The van der Waals surface area contributed by atoms with Crippen LogP contribution < -0.4 is 10.6 Å². The third-order valence-electron chi connectivity index (χ3n) is 2.61. The number of carboxylic acid groups (broad SMARTS) is 1. The molecule has 1 unspecified atom stereocenters. The molecule has 0 aliphatic heterocycles. The summed E-state index contributed by atoms with van der Waals surface area (Å²) in [5.41, 5.74) is 0.751. The van der Waals surface area contributed by atoms with Crippen molar-refractivity contribution in [3.05, 3.63) is 29.6 Å². The molecule has 1 atom stereocenters. The first-order valence-corrected chi connectivity index (χ1v) is 6.00. The zero-order chi connectivity index (χ0) is 14.4. The van der Waals surface area contributed by atoms with E-state index in [1.54, 1.807) is 13.0 Å². The van der Waals surface area contributed by atoms with Crippen molar-refractivity contribution in [2.75, 3.05) is 5.32 Å². The second kappa shape index (κ2) is 6.72. The number of hydrogen-bond donors (Lipinski definition) is 3. The van der Waals surface area contributed by atoms with Gasteiger partial charge < -0.3 is 15.7 Å². The molecule has 0 aliphatic carbocycles. The fourth-order valence-corrected chi connectivity index (χ4v) is 1.54. The van der Waals surface area contributed by atoms with Gasteiger partial charge in [0.2, 0.25) is 0 Å². The lowest BCUT2D eigenvalue weighted by Gasteiger charge is -2.14. The Morgan fingerprint density at radius 1 is 1.42 bits per heavy atom. The summed E-state index contributed by atoms with van der Waals surface area (Å²) in [6, 6.07) is 2.66. The van der Waals surface area contributed by atoms with Gasteiger partial charge in [0.05, 0.1) is 0 Å². The van der Waals surface area contributed by atoms with Gasteiger partial charge in [-0.3, -0.25) is 0 Å². The smallest absolute Gasteiger partial charge is 0.326 e. The highest BCUT2D eigenvalue weighted by Gasteiger charge is 2.18. The fraction of sp³-hybridized carbons (Fsp3) is 0.385. The number of aryl methyl sites for hydroxylation is 1. The van der Waals surface area contributed by atoms with Gasteiger partial charge in [-0.15, -0.1) is 0 Å². The molecule has 0 aliphatic rings. The number of carboxylic acids is 1. The number of carbonyl (C=O) groups is 2. The monoisotopic (exact) mass is 268 g/mol. The predicted molar refractivity (Wildman–Crippen MR) is 69.6 cm³/mol. The highest BCUT2D eigenvalue weighted by molar-refractivity contribution is 5.92. The minimum absolute atomic E-state index is 0.279. The van der Waals surface area contributed by atoms with Crippen molar-refractivity contribution >= 4 is 17.7 Å². The van der Waals surface area contributed by atoms with Crippen LogP contribution in [-0.4, -0.2) is 23.1 Å². The van der Waals surface area contributed by atoms with Crippen LogP contribution in [-0.2, 0) is 4.79 Å². The second-order valence-electron chi connectivity index (χ2n) is 4.24. The number of aliphatic carboxylic acids is 1. The van der Waals surface area contributed by atoms with Gasteiger partial charge in [-0.2, -0.15) is 0 Å². The Labute approximate surface area is 110 Å². The van der Waals surface area contributed by atoms with Gasteiger partial charge in [-0.1, -0.05) is 19.4 Å². The molecule has 1 aromatic rings. The first kappa shape index (κ1) is 14.9. The zero-order valence-corrected chi connectivity index (χ0v) is 10.9. The molecule has 0 bridgehead atoms. The van der Waals surface area contributed by atoms with Crippen molar-refractivity contribution in [1.82, 2.24) is 5.32 Å². The van der Waals surface area contributed by atoms with E-state index in [-0.39, 0.29) is 5.69 Å². The number of nitrogens with one attached hydrogen (secondary N) is 2. The number of carbonyl (C=O) groups excluding carboxylic acids is 1. The van der Waals surface area contributed by atoms with E-state index in [9.17, 15) is 14.0 Å². The van der Waals surface area contributed by atoms with E-state index in [1.165, 1.54) is 12.1 Å². The maximum atomic E-state index is 13.3. The Kier molecular flexibility index (Phi) is 5.29. The summed E-state index contributed by atoms with van der Waals surface area (Å²) in [7, 11) is 0. The van der Waals surface area contributed by atoms with Crippen molar-refractivity contribution in [3.8, 4) is 0 Å². The van der Waals surface area contributed by atoms with Crippen LogP contribution >= 0.6 is 0 Å². The highest BCUT2D eigenvalue weighted by atomic mass is 19.1. The average molecular weight is 268 g/mol. The van der Waals surface area contributed by atoms with E-state index in [2.05, 4.69) is 10.6 Å². The summed E-state index contributed by atoms with van der Waals surface area (Å²) >= 11 is 0. The van der Waals surface area contributed by atoms with Crippen LogP contribution in [0.5, 0.6) is 0 Å². The summed E-state index contributed by atoms with van der Waals surface area (Å²) in [4.78, 5) is 22.5. The predicted octanol–water partition coefficient (Wildman–Crippen LogP) is 2.51. The van der Waals surface area contributed by atoms with E-state index in [1.807, 2.05) is 6.92 Å². The maximum absolute atomic E-state index is 13.3. The highest BCUT2D eigenvalue weighted by Crippen LogP contribution is 2.13. The Bertz CT molecular complexity index is 477. The molecule has 104 valence electrons. The molecule has 6 heteroatoms. The average Bonchev–Trinajstić information content (AvgIpc) is 2.33. The zero-order valence-electron chi connectivity index (χ0n) is 10.9. The Morgan fingerprint density at radius 2 is 2.11 bits per heavy atom. The van der Waals surface area contributed by atoms with E-state index >= 15 is 0 Å². The number of anilines is 1. The molecule has 3 N–H and O–H groups in total. The maximum Gasteiger partial charge on any atom is 0.326 e. The molecule has 0 radical (unpaired) electrons. The molecule has 2 amide bonds. The summed E-state index contributed by atoms with van der Waals surface area (Å²) in [5, 5.41) is 13.6. The van der Waals surface area contributed by atoms with Crippen LogP contribution in [0.4, 0.5) is 14.9 Å². The molecular weight excluding hydrogens is 251 g/mol. The fourth-order valence-electron chi connectivity index (χ4n) is 1.54. The first-order chi connectivity index (χ1) is 8.93. The van der Waals surface area contributed by atoms with Gasteiger partial charge in [0.15, 0.2) is 0 Å². The van der Waals surface area contributed by atoms with E-state index in [0.29, 0.717) is 18.4 Å². The lowest BCUT2D eigenvalue weighted by molar-refractivity contribution is -0.139. The van der Waals surface area contributed by atoms with Crippen LogP contribution in [0.25, 0.3) is 0 Å². The molecule has 1 rings (SSSR count). The van der Waals surface area contributed by atoms with E-state index < -0.39 is 23.9 Å². The van der Waals surface area contributed by atoms with Crippen molar-refractivity contribution in [1.29, 1.82) is 0 Å². The molecular formula is C13H17FN2O3. The standard InChI is InChI=1S/C13H17FN2O3/c1-3-4-11(12(17)18)16-13(19)15-9-6-5-8(2)10(14)7-9/h5-7,11H,3-4H2,1-2H3,(H,17,18)(H2,15,16,19). The number of hydrogen-bond acceptors (Lipinski definition) is 2. The Hall–Kier alpha value is -2.11. The van der Waals surface area contributed by atoms with Crippen LogP contribution in [0.15, 0.2) is 18.2 Å². The molecule has 0 aromatic heterocycles. The normalized spacial score (nSPS) is 11.7. The number of amides is 2. The number of rotatable bonds is 5. The van der Waals surface area contributed by atoms with Gasteiger partial charge in [-0.05, 0) is 31.0 Å². The minimum atomic E-state index is -1.09. The minimum Gasteiger partial charge on any atom is -0.480 e. The Morgan fingerprint density at radius 3 is 2.63 bits per heavy atom. The van der Waals surface area contributed by atoms with Crippen LogP contribution in [0.3, 0.4) is 0 Å². The lowest BCUT2D eigenvalue weighted by Crippen LogP contribution is -2.42. The van der Waals surface area contributed by atoms with Gasteiger partial charge >= 0.3 is 12.0 Å². The van der Waals surface area contributed by atoms with Gasteiger partial charge in [0.25, 0.3) is 0 Å². The summed E-state index contributed by atoms with van der Waals surface area (Å²) in [5.74, 6) is -1.52. The molecule has 0 fully saturated rings. The Balaban J connectivity index is 2.63. The number of halogens is 1. The third-order valence-corrected chi connectivity index (χ3v) is 2.61. The molecule has 0 saturated carbocycles. The van der Waals surface area contributed by atoms with Crippen LogP contribution in [0, 0.1) is 12.7 Å². The third kappa shape index (κ3) is 4.57. The van der Waals surface area contributed by atoms with Crippen molar-refractivity contribution in [2.24, 2.45) is 0 Å². The summed E-state index contributed by atoms with van der Waals surface area (Å²) in [6.45, 7) is 3.44. The SMILES string of the molecule is CCCC(NC(=O)Nc1ccc(C)c(F)c1)C(=O)O. The van der Waals surface area contributed by atoms with Gasteiger partial charge in [-0.25, -0.2) is 14.0 Å². The summed E-state index contributed by atoms with van der Waals surface area (Å²) < 4.78 is 13.3. The van der Waals surface area contributed by atoms with E-state index in [0.717, 1.165) is 0 Å². The summed E-state index contributed by atoms with van der Waals surface area (Å²) in [6.07, 6.45) is 0.974. The molecule has 0 heterocycles. The lowest BCUT2D eigenvalue weighted by atomic mass is 10.2.